The van der Waals surface area contributed by atoms with Gasteiger partial charge in [-0.05, 0) is 25.5 Å². The fraction of sp³-hybridized carbons (Fsp3) is 0.357. The van der Waals surface area contributed by atoms with E-state index in [1.54, 1.807) is 4.57 Å². The van der Waals surface area contributed by atoms with Crippen molar-refractivity contribution in [1.82, 2.24) is 4.57 Å². The summed E-state index contributed by atoms with van der Waals surface area (Å²) in [5, 5.41) is 0. The first-order valence-corrected chi connectivity index (χ1v) is 6.22. The van der Waals surface area contributed by atoms with Crippen LogP contribution in [-0.4, -0.2) is 10.3 Å². The maximum Gasteiger partial charge on any atom is 0.402 e. The average molecular weight is 242 g/mol. The van der Waals surface area contributed by atoms with Gasteiger partial charge in [-0.2, -0.15) is 4.57 Å². The third kappa shape index (κ3) is 1.29. The number of aliphatic imine (C=N–C) groups is 1. The van der Waals surface area contributed by atoms with Gasteiger partial charge in [0, 0.05) is 0 Å². The second kappa shape index (κ2) is 3.77. The Morgan fingerprint density at radius 2 is 2.22 bits per heavy atom. The summed E-state index contributed by atoms with van der Waals surface area (Å²) in [6, 6.07) is -0.0328. The minimum absolute atomic E-state index is 0.0328. The van der Waals surface area contributed by atoms with Gasteiger partial charge >= 0.3 is 11.5 Å². The molecular weight excluding hydrogens is 226 g/mol. The van der Waals surface area contributed by atoms with Gasteiger partial charge in [-0.1, -0.05) is 24.1 Å². The summed E-state index contributed by atoms with van der Waals surface area (Å²) in [5.74, 6) is 0.742. The topological polar surface area (TPSA) is 38.2 Å². The molecule has 4 heteroatoms. The second-order valence-electron chi connectivity index (χ2n) is 4.68. The van der Waals surface area contributed by atoms with E-state index in [1.807, 2.05) is 49.8 Å². The van der Waals surface area contributed by atoms with Crippen molar-refractivity contribution >= 4 is 11.7 Å². The Balaban J connectivity index is 2.36. The Kier molecular flexibility index (Phi) is 2.33. The fourth-order valence-electron chi connectivity index (χ4n) is 2.65. The van der Waals surface area contributed by atoms with Crippen LogP contribution in [0, 0.1) is 6.92 Å². The molecule has 0 amide bonds. The van der Waals surface area contributed by atoms with Gasteiger partial charge in [0.15, 0.2) is 11.8 Å². The SMILES string of the molecule is CCc1c(C)[n+](C)c2n(c1=O)C1C=CC=CC1=N2. The van der Waals surface area contributed by atoms with E-state index in [0.29, 0.717) is 0 Å². The molecule has 1 aromatic heterocycles. The number of nitrogens with zero attached hydrogens (tertiary/aromatic N) is 3. The Labute approximate surface area is 106 Å². The number of aromatic nitrogens is 2. The van der Waals surface area contributed by atoms with E-state index in [0.717, 1.165) is 29.3 Å². The molecule has 1 atom stereocenters. The molecule has 0 saturated carbocycles. The molecule has 4 nitrogen and oxygen atoms in total. The Bertz CT molecular complexity index is 677. The maximum absolute atomic E-state index is 12.5. The molecule has 0 N–H and O–H groups in total. The van der Waals surface area contributed by atoms with Gasteiger partial charge in [0.05, 0.1) is 18.3 Å². The molecular formula is C14H16N3O+. The van der Waals surface area contributed by atoms with Gasteiger partial charge in [0.1, 0.15) is 0 Å². The number of hydrogen-bond donors (Lipinski definition) is 0. The van der Waals surface area contributed by atoms with Crippen molar-refractivity contribution in [3.8, 4) is 0 Å². The first-order valence-electron chi connectivity index (χ1n) is 6.22. The van der Waals surface area contributed by atoms with E-state index in [9.17, 15) is 4.79 Å². The number of allylic oxidation sites excluding steroid dienone is 4. The summed E-state index contributed by atoms with van der Waals surface area (Å²) < 4.78 is 3.80. The molecule has 0 bridgehead atoms. The minimum atomic E-state index is -0.0328. The molecule has 2 aliphatic rings. The lowest BCUT2D eigenvalue weighted by Crippen LogP contribution is -2.42. The van der Waals surface area contributed by atoms with Crippen LogP contribution in [0.25, 0.3) is 0 Å². The lowest BCUT2D eigenvalue weighted by atomic mass is 10.1. The van der Waals surface area contributed by atoms with Gasteiger partial charge in [-0.3, -0.25) is 4.79 Å². The highest BCUT2D eigenvalue weighted by Gasteiger charge is 2.37. The van der Waals surface area contributed by atoms with Gasteiger partial charge in [-0.15, -0.1) is 0 Å². The van der Waals surface area contributed by atoms with Crippen LogP contribution in [0.4, 0.5) is 5.95 Å². The highest BCUT2D eigenvalue weighted by Crippen LogP contribution is 2.27. The summed E-state index contributed by atoms with van der Waals surface area (Å²) in [6.07, 6.45) is 8.67. The molecule has 0 aromatic carbocycles. The summed E-state index contributed by atoms with van der Waals surface area (Å²) in [7, 11) is 1.97. The van der Waals surface area contributed by atoms with E-state index in [-0.39, 0.29) is 11.6 Å². The van der Waals surface area contributed by atoms with Gasteiger partial charge in [0.2, 0.25) is 0 Å². The van der Waals surface area contributed by atoms with Crippen molar-refractivity contribution in [1.29, 1.82) is 0 Å². The van der Waals surface area contributed by atoms with Crippen molar-refractivity contribution in [3.63, 3.8) is 0 Å². The van der Waals surface area contributed by atoms with Crippen molar-refractivity contribution in [2.45, 2.75) is 26.3 Å². The molecule has 1 aliphatic heterocycles. The number of hydrogen-bond acceptors (Lipinski definition) is 2. The summed E-state index contributed by atoms with van der Waals surface area (Å²) in [6.45, 7) is 4.00. The van der Waals surface area contributed by atoms with Crippen molar-refractivity contribution in [2.75, 3.05) is 0 Å². The van der Waals surface area contributed by atoms with Crippen LogP contribution in [0.5, 0.6) is 0 Å². The molecule has 92 valence electrons. The second-order valence-corrected chi connectivity index (χ2v) is 4.68. The van der Waals surface area contributed by atoms with Gasteiger partial charge < -0.3 is 0 Å². The fourth-order valence-corrected chi connectivity index (χ4v) is 2.65. The van der Waals surface area contributed by atoms with Crippen LogP contribution < -0.4 is 10.1 Å². The molecule has 1 aromatic rings. The first kappa shape index (κ1) is 11.1. The molecule has 2 heterocycles. The number of rotatable bonds is 1. The molecule has 1 aliphatic carbocycles. The van der Waals surface area contributed by atoms with E-state index in [2.05, 4.69) is 4.99 Å². The minimum Gasteiger partial charge on any atom is -0.250 e. The van der Waals surface area contributed by atoms with Crippen LogP contribution in [0.2, 0.25) is 0 Å². The monoisotopic (exact) mass is 242 g/mol. The molecule has 0 radical (unpaired) electrons. The van der Waals surface area contributed by atoms with E-state index in [4.69, 9.17) is 0 Å². The maximum atomic E-state index is 12.5. The third-order valence-corrected chi connectivity index (χ3v) is 3.77. The van der Waals surface area contributed by atoms with E-state index in [1.165, 1.54) is 0 Å². The zero-order chi connectivity index (χ0) is 12.9. The van der Waals surface area contributed by atoms with E-state index >= 15 is 0 Å². The largest absolute Gasteiger partial charge is 0.402 e. The highest BCUT2D eigenvalue weighted by atomic mass is 16.1. The summed E-state index contributed by atoms with van der Waals surface area (Å²) in [5.41, 5.74) is 2.91. The molecule has 0 spiro atoms. The first-order chi connectivity index (χ1) is 8.65. The molecule has 3 rings (SSSR count). The predicted molar refractivity (Wildman–Crippen MR) is 70.4 cm³/mol. The number of fused-ring (bicyclic) bond motifs is 3. The molecule has 18 heavy (non-hydrogen) atoms. The van der Waals surface area contributed by atoms with Crippen LogP contribution in [0.1, 0.15) is 24.2 Å². The lowest BCUT2D eigenvalue weighted by Gasteiger charge is -2.11. The summed E-state index contributed by atoms with van der Waals surface area (Å²) >= 11 is 0. The van der Waals surface area contributed by atoms with Crippen LogP contribution >= 0.6 is 0 Å². The zero-order valence-electron chi connectivity index (χ0n) is 10.8. The highest BCUT2D eigenvalue weighted by molar-refractivity contribution is 6.03. The van der Waals surface area contributed by atoms with Crippen LogP contribution in [0.3, 0.4) is 0 Å². The molecule has 0 saturated heterocycles. The summed E-state index contributed by atoms with van der Waals surface area (Å²) in [4.78, 5) is 17.1. The third-order valence-electron chi connectivity index (χ3n) is 3.77. The normalized spacial score (nSPS) is 19.7. The lowest BCUT2D eigenvalue weighted by molar-refractivity contribution is -0.668. The standard InChI is InChI=1S/C14H16N3O/c1-4-10-9(2)16(3)14-15-11-7-5-6-8-12(11)17(14)13(10)18/h5-8,12H,4H2,1-3H3/q+1. The molecule has 1 unspecified atom stereocenters. The smallest absolute Gasteiger partial charge is 0.250 e. The quantitative estimate of drug-likeness (QED) is 0.684. The van der Waals surface area contributed by atoms with Crippen molar-refractivity contribution < 1.29 is 4.57 Å². The predicted octanol–water partition coefficient (Wildman–Crippen LogP) is 1.30. The Hall–Kier alpha value is -1.97. The van der Waals surface area contributed by atoms with Gasteiger partial charge in [-0.25, -0.2) is 4.57 Å². The van der Waals surface area contributed by atoms with E-state index < -0.39 is 0 Å². The van der Waals surface area contributed by atoms with Crippen LogP contribution in [0.15, 0.2) is 34.1 Å². The Morgan fingerprint density at radius 1 is 1.44 bits per heavy atom. The average Bonchev–Trinajstić information content (AvgIpc) is 2.76. The molecule has 0 fully saturated rings. The Morgan fingerprint density at radius 3 is 2.94 bits per heavy atom. The van der Waals surface area contributed by atoms with Crippen molar-refractivity contribution in [3.05, 3.63) is 45.9 Å². The zero-order valence-corrected chi connectivity index (χ0v) is 10.8. The van der Waals surface area contributed by atoms with Crippen molar-refractivity contribution in [2.24, 2.45) is 12.0 Å². The van der Waals surface area contributed by atoms with Gasteiger partial charge in [0.25, 0.3) is 0 Å². The van der Waals surface area contributed by atoms with Crippen LogP contribution in [-0.2, 0) is 13.5 Å².